The van der Waals surface area contributed by atoms with Gasteiger partial charge in [0.1, 0.15) is 5.75 Å². The lowest BCUT2D eigenvalue weighted by Gasteiger charge is -2.11. The normalized spacial score (nSPS) is 10.4. The van der Waals surface area contributed by atoms with Crippen molar-refractivity contribution >= 4 is 33.2 Å². The van der Waals surface area contributed by atoms with Crippen LogP contribution in [0.1, 0.15) is 18.1 Å². The molecule has 6 heteroatoms. The Labute approximate surface area is 136 Å². The highest BCUT2D eigenvalue weighted by atomic mass is 79.9. The molecular weight excluding hydrogens is 358 g/mol. The molecule has 0 aliphatic carbocycles. The van der Waals surface area contributed by atoms with Crippen molar-refractivity contribution in [3.05, 3.63) is 62.1 Å². The summed E-state index contributed by atoms with van der Waals surface area (Å²) in [6, 6.07) is 10.4. The van der Waals surface area contributed by atoms with E-state index in [1.165, 1.54) is 6.07 Å². The summed E-state index contributed by atoms with van der Waals surface area (Å²) in [5, 5.41) is 11.2. The second-order valence-electron chi connectivity index (χ2n) is 4.40. The van der Waals surface area contributed by atoms with Crippen molar-refractivity contribution in [1.82, 2.24) is 0 Å². The van der Waals surface area contributed by atoms with E-state index < -0.39 is 4.92 Å². The second kappa shape index (κ2) is 6.91. The van der Waals surface area contributed by atoms with Gasteiger partial charge in [-0.3, -0.25) is 10.1 Å². The van der Waals surface area contributed by atoms with Crippen molar-refractivity contribution < 1.29 is 9.66 Å². The van der Waals surface area contributed by atoms with Crippen LogP contribution in [0.5, 0.6) is 11.5 Å². The SMILES string of the molecule is CCc1ccc(Oc2cc(Br)ccc2CCl)c([N+](=O)[O-])c1. The molecule has 0 saturated carbocycles. The molecule has 0 heterocycles. The fourth-order valence-electron chi connectivity index (χ4n) is 1.86. The molecule has 0 amide bonds. The Bertz CT molecular complexity index is 676. The molecule has 0 aliphatic rings. The van der Waals surface area contributed by atoms with Gasteiger partial charge >= 0.3 is 5.69 Å². The third-order valence-corrected chi connectivity index (χ3v) is 3.80. The van der Waals surface area contributed by atoms with Crippen LogP contribution in [0.25, 0.3) is 0 Å². The minimum atomic E-state index is -0.438. The third kappa shape index (κ3) is 3.74. The molecule has 0 radical (unpaired) electrons. The number of hydrogen-bond acceptors (Lipinski definition) is 3. The molecule has 0 atom stereocenters. The highest BCUT2D eigenvalue weighted by Crippen LogP contribution is 2.35. The predicted octanol–water partition coefficient (Wildman–Crippen LogP) is 5.45. The van der Waals surface area contributed by atoms with Gasteiger partial charge in [0.05, 0.1) is 10.8 Å². The van der Waals surface area contributed by atoms with Crippen LogP contribution >= 0.6 is 27.5 Å². The summed E-state index contributed by atoms with van der Waals surface area (Å²) in [6.07, 6.45) is 0.727. The van der Waals surface area contributed by atoms with Gasteiger partial charge in [-0.15, -0.1) is 11.6 Å². The fourth-order valence-corrected chi connectivity index (χ4v) is 2.42. The minimum Gasteiger partial charge on any atom is -0.450 e. The molecule has 21 heavy (non-hydrogen) atoms. The molecule has 0 bridgehead atoms. The van der Waals surface area contributed by atoms with E-state index in [2.05, 4.69) is 15.9 Å². The Kier molecular flexibility index (Phi) is 5.20. The summed E-state index contributed by atoms with van der Waals surface area (Å²) >= 11 is 9.22. The van der Waals surface area contributed by atoms with Gasteiger partial charge in [-0.25, -0.2) is 0 Å². The zero-order valence-corrected chi connectivity index (χ0v) is 13.6. The maximum Gasteiger partial charge on any atom is 0.311 e. The monoisotopic (exact) mass is 369 g/mol. The number of rotatable bonds is 5. The fraction of sp³-hybridized carbons (Fsp3) is 0.200. The van der Waals surface area contributed by atoms with Crippen molar-refractivity contribution in [2.75, 3.05) is 0 Å². The van der Waals surface area contributed by atoms with E-state index in [9.17, 15) is 10.1 Å². The quantitative estimate of drug-likeness (QED) is 0.399. The van der Waals surface area contributed by atoms with Crippen LogP contribution in [0.4, 0.5) is 5.69 Å². The van der Waals surface area contributed by atoms with Gasteiger partial charge in [-0.05, 0) is 30.2 Å². The van der Waals surface area contributed by atoms with E-state index in [4.69, 9.17) is 16.3 Å². The van der Waals surface area contributed by atoms with Crippen molar-refractivity contribution in [1.29, 1.82) is 0 Å². The molecule has 4 nitrogen and oxygen atoms in total. The predicted molar refractivity (Wildman–Crippen MR) is 86.2 cm³/mol. The molecule has 2 aromatic carbocycles. The van der Waals surface area contributed by atoms with E-state index >= 15 is 0 Å². The summed E-state index contributed by atoms with van der Waals surface area (Å²) in [5.41, 5.74) is 1.62. The molecule has 0 aromatic heterocycles. The Balaban J connectivity index is 2.44. The average Bonchev–Trinajstić information content (AvgIpc) is 2.47. The van der Waals surface area contributed by atoms with Gasteiger partial charge < -0.3 is 4.74 Å². The van der Waals surface area contributed by atoms with Gasteiger partial charge in [0, 0.05) is 16.1 Å². The molecule has 0 N–H and O–H groups in total. The lowest BCUT2D eigenvalue weighted by Crippen LogP contribution is -1.96. The molecule has 0 fully saturated rings. The van der Waals surface area contributed by atoms with Crippen molar-refractivity contribution in [2.24, 2.45) is 0 Å². The lowest BCUT2D eigenvalue weighted by atomic mass is 10.1. The number of ether oxygens (including phenoxy) is 1. The minimum absolute atomic E-state index is 0.0464. The number of aryl methyl sites for hydroxylation is 1. The van der Waals surface area contributed by atoms with E-state index in [1.807, 2.05) is 25.1 Å². The first-order chi connectivity index (χ1) is 10.0. The maximum atomic E-state index is 11.2. The molecule has 0 spiro atoms. The molecule has 110 valence electrons. The third-order valence-electron chi connectivity index (χ3n) is 3.02. The summed E-state index contributed by atoms with van der Waals surface area (Å²) in [4.78, 5) is 10.8. The van der Waals surface area contributed by atoms with E-state index in [1.54, 1.807) is 12.1 Å². The highest BCUT2D eigenvalue weighted by Gasteiger charge is 2.17. The van der Waals surface area contributed by atoms with Gasteiger partial charge in [-0.1, -0.05) is 35.0 Å². The van der Waals surface area contributed by atoms with Crippen LogP contribution in [0.15, 0.2) is 40.9 Å². The first-order valence-corrected chi connectivity index (χ1v) is 7.67. The van der Waals surface area contributed by atoms with E-state index in [0.717, 1.165) is 22.0 Å². The van der Waals surface area contributed by atoms with Crippen LogP contribution in [-0.2, 0) is 12.3 Å². The topological polar surface area (TPSA) is 52.4 Å². The number of nitro groups is 1. The number of benzene rings is 2. The standard InChI is InChI=1S/C15H13BrClNO3/c1-2-10-3-6-14(13(7-10)18(19)20)21-15-8-12(16)5-4-11(15)9-17/h3-8H,2,9H2,1H3. The van der Waals surface area contributed by atoms with Crippen molar-refractivity contribution in [3.63, 3.8) is 0 Å². The number of nitrogens with zero attached hydrogens (tertiary/aromatic N) is 1. The molecule has 0 aliphatic heterocycles. The number of halogens is 2. The van der Waals surface area contributed by atoms with Crippen LogP contribution < -0.4 is 4.74 Å². The Morgan fingerprint density at radius 3 is 2.62 bits per heavy atom. The van der Waals surface area contributed by atoms with Crippen LogP contribution in [0.3, 0.4) is 0 Å². The van der Waals surface area contributed by atoms with Gasteiger partial charge in [0.25, 0.3) is 0 Å². The molecular formula is C15H13BrClNO3. The first-order valence-electron chi connectivity index (χ1n) is 6.34. The smallest absolute Gasteiger partial charge is 0.311 e. The van der Waals surface area contributed by atoms with Crippen LogP contribution in [0.2, 0.25) is 0 Å². The van der Waals surface area contributed by atoms with Crippen LogP contribution in [-0.4, -0.2) is 4.92 Å². The number of hydrogen-bond donors (Lipinski definition) is 0. The Hall–Kier alpha value is -1.59. The summed E-state index contributed by atoms with van der Waals surface area (Å²) in [6.45, 7) is 1.94. The Morgan fingerprint density at radius 2 is 2.00 bits per heavy atom. The van der Waals surface area contributed by atoms with E-state index in [0.29, 0.717) is 5.75 Å². The van der Waals surface area contributed by atoms with Gasteiger partial charge in [-0.2, -0.15) is 0 Å². The highest BCUT2D eigenvalue weighted by molar-refractivity contribution is 9.10. The number of nitro benzene ring substituents is 1. The first kappa shape index (κ1) is 15.8. The van der Waals surface area contributed by atoms with Gasteiger partial charge in [0.2, 0.25) is 5.75 Å². The zero-order chi connectivity index (χ0) is 15.4. The molecule has 2 rings (SSSR count). The summed E-state index contributed by atoms with van der Waals surface area (Å²) < 4.78 is 6.54. The summed E-state index contributed by atoms with van der Waals surface area (Å²) in [5.74, 6) is 0.983. The molecule has 0 unspecified atom stereocenters. The second-order valence-corrected chi connectivity index (χ2v) is 5.58. The lowest BCUT2D eigenvalue weighted by molar-refractivity contribution is -0.385. The molecule has 0 saturated heterocycles. The van der Waals surface area contributed by atoms with Crippen LogP contribution in [0, 0.1) is 10.1 Å². The van der Waals surface area contributed by atoms with Crippen molar-refractivity contribution in [3.8, 4) is 11.5 Å². The Morgan fingerprint density at radius 1 is 1.24 bits per heavy atom. The van der Waals surface area contributed by atoms with E-state index in [-0.39, 0.29) is 17.3 Å². The van der Waals surface area contributed by atoms with Crippen molar-refractivity contribution in [2.45, 2.75) is 19.2 Å². The largest absolute Gasteiger partial charge is 0.450 e. The number of alkyl halides is 1. The molecule has 2 aromatic rings. The summed E-state index contributed by atoms with van der Waals surface area (Å²) in [7, 11) is 0. The van der Waals surface area contributed by atoms with Gasteiger partial charge in [0.15, 0.2) is 0 Å². The average molecular weight is 371 g/mol. The maximum absolute atomic E-state index is 11.2. The zero-order valence-electron chi connectivity index (χ0n) is 11.3.